The van der Waals surface area contributed by atoms with Crippen molar-refractivity contribution in [1.29, 1.82) is 5.26 Å². The van der Waals surface area contributed by atoms with Crippen LogP contribution in [0.4, 0.5) is 0 Å². The molecule has 3 rings (SSSR count). The monoisotopic (exact) mass is 294 g/mol. The van der Waals surface area contributed by atoms with Crippen LogP contribution in [-0.2, 0) is 0 Å². The molecule has 0 spiro atoms. The highest BCUT2D eigenvalue weighted by molar-refractivity contribution is 7.13. The maximum atomic E-state index is 9.54. The fourth-order valence-electron chi connectivity index (χ4n) is 1.91. The van der Waals surface area contributed by atoms with Gasteiger partial charge in [0, 0.05) is 16.5 Å². The number of aromatic nitrogens is 1. The Morgan fingerprint density at radius 2 is 1.67 bits per heavy atom. The third kappa shape index (κ3) is 2.57. The van der Waals surface area contributed by atoms with Gasteiger partial charge in [-0.05, 0) is 30.3 Å². The van der Waals surface area contributed by atoms with Crippen molar-refractivity contribution in [3.63, 3.8) is 0 Å². The molecule has 0 radical (unpaired) electrons. The molecule has 0 fully saturated rings. The lowest BCUT2D eigenvalue weighted by Gasteiger charge is -2.00. The zero-order valence-electron chi connectivity index (χ0n) is 10.8. The number of phenols is 2. The maximum Gasteiger partial charge on any atom is 0.158 e. The molecule has 0 bridgehead atoms. The van der Waals surface area contributed by atoms with Crippen LogP contribution in [0.1, 0.15) is 5.56 Å². The highest BCUT2D eigenvalue weighted by Gasteiger charge is 2.09. The molecule has 0 saturated carbocycles. The summed E-state index contributed by atoms with van der Waals surface area (Å²) in [5, 5.41) is 30.3. The second-order valence-electron chi connectivity index (χ2n) is 4.43. The van der Waals surface area contributed by atoms with E-state index in [2.05, 4.69) is 11.1 Å². The Kier molecular flexibility index (Phi) is 3.30. The second kappa shape index (κ2) is 5.27. The highest BCUT2D eigenvalue weighted by atomic mass is 32.1. The Bertz CT molecular complexity index is 832. The molecule has 102 valence electrons. The molecule has 21 heavy (non-hydrogen) atoms. The third-order valence-electron chi connectivity index (χ3n) is 3.04. The van der Waals surface area contributed by atoms with Gasteiger partial charge in [-0.15, -0.1) is 11.3 Å². The van der Waals surface area contributed by atoms with E-state index in [1.165, 1.54) is 23.5 Å². The SMILES string of the molecule is N#Cc1ccc(-c2csc(-c3ccc(O)c(O)c3)n2)cc1. The van der Waals surface area contributed by atoms with Crippen LogP contribution in [0.5, 0.6) is 11.5 Å². The number of rotatable bonds is 2. The molecule has 0 unspecified atom stereocenters. The molecular weight excluding hydrogens is 284 g/mol. The van der Waals surface area contributed by atoms with Crippen LogP contribution in [0, 0.1) is 11.3 Å². The maximum absolute atomic E-state index is 9.54. The topological polar surface area (TPSA) is 77.1 Å². The molecule has 0 atom stereocenters. The highest BCUT2D eigenvalue weighted by Crippen LogP contribution is 2.33. The van der Waals surface area contributed by atoms with Gasteiger partial charge in [-0.25, -0.2) is 4.98 Å². The number of aromatic hydroxyl groups is 2. The van der Waals surface area contributed by atoms with Crippen molar-refractivity contribution >= 4 is 11.3 Å². The van der Waals surface area contributed by atoms with Crippen molar-refractivity contribution < 1.29 is 10.2 Å². The van der Waals surface area contributed by atoms with Crippen LogP contribution in [-0.4, -0.2) is 15.2 Å². The normalized spacial score (nSPS) is 10.2. The van der Waals surface area contributed by atoms with E-state index in [9.17, 15) is 10.2 Å². The van der Waals surface area contributed by atoms with Gasteiger partial charge in [0.25, 0.3) is 0 Å². The summed E-state index contributed by atoms with van der Waals surface area (Å²) in [4.78, 5) is 4.52. The quantitative estimate of drug-likeness (QED) is 0.705. The first-order valence-electron chi connectivity index (χ1n) is 6.16. The number of thiazole rings is 1. The smallest absolute Gasteiger partial charge is 0.158 e. The third-order valence-corrected chi connectivity index (χ3v) is 3.93. The number of hydrogen-bond donors (Lipinski definition) is 2. The Morgan fingerprint density at radius 3 is 2.33 bits per heavy atom. The van der Waals surface area contributed by atoms with E-state index in [4.69, 9.17) is 5.26 Å². The van der Waals surface area contributed by atoms with Gasteiger partial charge < -0.3 is 10.2 Å². The van der Waals surface area contributed by atoms with E-state index in [-0.39, 0.29) is 11.5 Å². The van der Waals surface area contributed by atoms with Gasteiger partial charge in [0.05, 0.1) is 17.3 Å². The molecule has 0 aliphatic carbocycles. The standard InChI is InChI=1S/C16H10N2O2S/c17-8-10-1-3-11(4-2-10)13-9-21-16(18-13)12-5-6-14(19)15(20)7-12/h1-7,9,19-20H. The van der Waals surface area contributed by atoms with Gasteiger partial charge in [-0.2, -0.15) is 5.26 Å². The summed E-state index contributed by atoms with van der Waals surface area (Å²) in [6.07, 6.45) is 0. The molecule has 4 nitrogen and oxygen atoms in total. The van der Waals surface area contributed by atoms with Crippen molar-refractivity contribution in [3.8, 4) is 39.4 Å². The van der Waals surface area contributed by atoms with E-state index >= 15 is 0 Å². The fourth-order valence-corrected chi connectivity index (χ4v) is 2.74. The summed E-state index contributed by atoms with van der Waals surface area (Å²) in [5.74, 6) is -0.315. The van der Waals surface area contributed by atoms with E-state index in [0.29, 0.717) is 5.56 Å². The van der Waals surface area contributed by atoms with Gasteiger partial charge in [-0.3, -0.25) is 0 Å². The van der Waals surface area contributed by atoms with Crippen molar-refractivity contribution in [2.75, 3.05) is 0 Å². The average Bonchev–Trinajstić information content (AvgIpc) is 3.00. The molecule has 0 saturated heterocycles. The zero-order valence-corrected chi connectivity index (χ0v) is 11.6. The van der Waals surface area contributed by atoms with E-state index in [0.717, 1.165) is 21.8 Å². The lowest BCUT2D eigenvalue weighted by atomic mass is 10.1. The minimum Gasteiger partial charge on any atom is -0.504 e. The molecule has 0 aliphatic heterocycles. The summed E-state index contributed by atoms with van der Waals surface area (Å²) >= 11 is 1.45. The van der Waals surface area contributed by atoms with Crippen molar-refractivity contribution in [3.05, 3.63) is 53.4 Å². The predicted octanol–water partition coefficient (Wildman–Crippen LogP) is 3.76. The molecule has 0 aliphatic rings. The number of hydrogen-bond acceptors (Lipinski definition) is 5. The van der Waals surface area contributed by atoms with Gasteiger partial charge in [0.1, 0.15) is 5.01 Å². The minimum absolute atomic E-state index is 0.150. The van der Waals surface area contributed by atoms with Crippen molar-refractivity contribution in [2.45, 2.75) is 0 Å². The van der Waals surface area contributed by atoms with Crippen LogP contribution in [0.15, 0.2) is 47.8 Å². The van der Waals surface area contributed by atoms with E-state index < -0.39 is 0 Å². The van der Waals surface area contributed by atoms with Gasteiger partial charge in [0.15, 0.2) is 11.5 Å². The predicted molar refractivity (Wildman–Crippen MR) is 81.0 cm³/mol. The summed E-state index contributed by atoms with van der Waals surface area (Å²) in [5.41, 5.74) is 3.10. The Hall–Kier alpha value is -2.84. The largest absolute Gasteiger partial charge is 0.504 e. The van der Waals surface area contributed by atoms with Crippen LogP contribution >= 0.6 is 11.3 Å². The molecule has 0 amide bonds. The minimum atomic E-state index is -0.164. The van der Waals surface area contributed by atoms with Gasteiger partial charge >= 0.3 is 0 Å². The number of phenolic OH excluding ortho intramolecular Hbond substituents is 2. The molecule has 5 heteroatoms. The Morgan fingerprint density at radius 1 is 0.952 bits per heavy atom. The molecular formula is C16H10N2O2S. The summed E-state index contributed by atoms with van der Waals surface area (Å²) in [6, 6.07) is 13.9. The van der Waals surface area contributed by atoms with Crippen molar-refractivity contribution in [1.82, 2.24) is 4.98 Å². The van der Waals surface area contributed by atoms with Crippen molar-refractivity contribution in [2.24, 2.45) is 0 Å². The Labute approximate surface area is 125 Å². The van der Waals surface area contributed by atoms with Crippen LogP contribution in [0.2, 0.25) is 0 Å². The van der Waals surface area contributed by atoms with E-state index in [1.807, 2.05) is 17.5 Å². The first-order chi connectivity index (χ1) is 10.2. The van der Waals surface area contributed by atoms with Crippen LogP contribution in [0.3, 0.4) is 0 Å². The first-order valence-corrected chi connectivity index (χ1v) is 7.04. The molecule has 2 aromatic carbocycles. The number of nitriles is 1. The Balaban J connectivity index is 1.95. The van der Waals surface area contributed by atoms with Gasteiger partial charge in [-0.1, -0.05) is 12.1 Å². The van der Waals surface area contributed by atoms with E-state index in [1.54, 1.807) is 18.2 Å². The summed E-state index contributed by atoms with van der Waals surface area (Å²) < 4.78 is 0. The lowest BCUT2D eigenvalue weighted by molar-refractivity contribution is 0.404. The lowest BCUT2D eigenvalue weighted by Crippen LogP contribution is -1.81. The van der Waals surface area contributed by atoms with Gasteiger partial charge in [0.2, 0.25) is 0 Å². The molecule has 2 N–H and O–H groups in total. The molecule has 1 heterocycles. The van der Waals surface area contributed by atoms with Crippen LogP contribution < -0.4 is 0 Å². The van der Waals surface area contributed by atoms with Crippen LogP contribution in [0.25, 0.3) is 21.8 Å². The first kappa shape index (κ1) is 13.2. The molecule has 3 aromatic rings. The average molecular weight is 294 g/mol. The number of nitrogens with zero attached hydrogens (tertiary/aromatic N) is 2. The number of benzene rings is 2. The second-order valence-corrected chi connectivity index (χ2v) is 5.29. The summed E-state index contributed by atoms with van der Waals surface area (Å²) in [7, 11) is 0. The molecule has 1 aromatic heterocycles. The summed E-state index contributed by atoms with van der Waals surface area (Å²) in [6.45, 7) is 0. The zero-order chi connectivity index (χ0) is 14.8. The fraction of sp³-hybridized carbons (Fsp3) is 0.